The van der Waals surface area contributed by atoms with Crippen molar-refractivity contribution in [3.63, 3.8) is 0 Å². The van der Waals surface area contributed by atoms with Gasteiger partial charge in [-0.2, -0.15) is 4.31 Å². The van der Waals surface area contributed by atoms with Crippen molar-refractivity contribution < 1.29 is 22.7 Å². The highest BCUT2D eigenvalue weighted by Crippen LogP contribution is 2.38. The van der Waals surface area contributed by atoms with Gasteiger partial charge in [0.15, 0.2) is 0 Å². The summed E-state index contributed by atoms with van der Waals surface area (Å²) in [5, 5.41) is 3.84. The first-order valence-electron chi connectivity index (χ1n) is 10.7. The Morgan fingerprint density at radius 3 is 2.73 bits per heavy atom. The number of ether oxygens (including phenoxy) is 2. The number of amides is 1. The lowest BCUT2D eigenvalue weighted by Gasteiger charge is -2.26. The van der Waals surface area contributed by atoms with Gasteiger partial charge in [0.2, 0.25) is 10.0 Å². The molecule has 33 heavy (non-hydrogen) atoms. The van der Waals surface area contributed by atoms with E-state index in [1.165, 1.54) is 10.5 Å². The summed E-state index contributed by atoms with van der Waals surface area (Å²) in [5.74, 6) is 0.126. The predicted molar refractivity (Wildman–Crippen MR) is 123 cm³/mol. The first kappa shape index (κ1) is 21.6. The van der Waals surface area contributed by atoms with E-state index in [4.69, 9.17) is 15.2 Å². The van der Waals surface area contributed by atoms with Gasteiger partial charge < -0.3 is 20.5 Å². The van der Waals surface area contributed by atoms with Crippen molar-refractivity contribution in [2.45, 2.75) is 18.2 Å². The van der Waals surface area contributed by atoms with Crippen molar-refractivity contribution in [3.8, 4) is 5.75 Å². The van der Waals surface area contributed by atoms with Crippen molar-refractivity contribution in [2.24, 2.45) is 5.73 Å². The highest BCUT2D eigenvalue weighted by Gasteiger charge is 2.30. The lowest BCUT2D eigenvalue weighted by Crippen LogP contribution is -2.40. The number of hydrogen-bond acceptors (Lipinski definition) is 7. The van der Waals surface area contributed by atoms with Crippen LogP contribution in [0.5, 0.6) is 5.75 Å². The van der Waals surface area contributed by atoms with Gasteiger partial charge in [0.05, 0.1) is 36.6 Å². The number of nitrogens with zero attached hydrogens (tertiary/aromatic N) is 2. The van der Waals surface area contributed by atoms with E-state index >= 15 is 0 Å². The third-order valence-corrected chi connectivity index (χ3v) is 7.85. The molecule has 1 aromatic heterocycles. The molecule has 0 spiro atoms. The van der Waals surface area contributed by atoms with Crippen LogP contribution in [0.1, 0.15) is 21.5 Å². The zero-order valence-corrected chi connectivity index (χ0v) is 18.9. The van der Waals surface area contributed by atoms with Crippen LogP contribution in [-0.2, 0) is 21.2 Å². The lowest BCUT2D eigenvalue weighted by atomic mass is 10.0. The quantitative estimate of drug-likeness (QED) is 0.589. The molecule has 10 heteroatoms. The van der Waals surface area contributed by atoms with Crippen LogP contribution < -0.4 is 15.8 Å². The Bertz CT molecular complexity index is 1370. The molecule has 0 radical (unpaired) electrons. The summed E-state index contributed by atoms with van der Waals surface area (Å²) in [6.07, 6.45) is 2.06. The number of anilines is 2. The Kier molecular flexibility index (Phi) is 5.43. The average Bonchev–Trinajstić information content (AvgIpc) is 3.29. The maximum atomic E-state index is 13.5. The number of carbonyl (C=O) groups excluding carboxylic acids is 1. The van der Waals surface area contributed by atoms with Crippen LogP contribution in [-0.4, -0.2) is 56.5 Å². The van der Waals surface area contributed by atoms with Crippen molar-refractivity contribution in [1.29, 1.82) is 0 Å². The number of hydrogen-bond donors (Lipinski definition) is 2. The molecule has 2 aliphatic rings. The van der Waals surface area contributed by atoms with Crippen molar-refractivity contribution in [3.05, 3.63) is 53.2 Å². The molecule has 1 amide bonds. The molecule has 9 nitrogen and oxygen atoms in total. The topological polar surface area (TPSA) is 124 Å². The first-order chi connectivity index (χ1) is 15.9. The number of rotatable bonds is 5. The molecule has 1 saturated heterocycles. The monoisotopic (exact) mass is 468 g/mol. The number of aryl methyl sites for hydroxylation is 1. The fourth-order valence-corrected chi connectivity index (χ4v) is 5.98. The highest BCUT2D eigenvalue weighted by molar-refractivity contribution is 7.89. The number of nitrogens with one attached hydrogen (secondary N) is 1. The molecular weight excluding hydrogens is 444 g/mol. The van der Waals surface area contributed by atoms with Gasteiger partial charge in [0, 0.05) is 42.3 Å². The fraction of sp³-hybridized carbons (Fsp3) is 0.304. The van der Waals surface area contributed by atoms with E-state index in [-0.39, 0.29) is 29.1 Å². The van der Waals surface area contributed by atoms with Crippen LogP contribution >= 0.6 is 0 Å². The summed E-state index contributed by atoms with van der Waals surface area (Å²) < 4.78 is 39.4. The number of pyridine rings is 1. The highest BCUT2D eigenvalue weighted by atomic mass is 32.2. The van der Waals surface area contributed by atoms with E-state index < -0.39 is 15.9 Å². The van der Waals surface area contributed by atoms with Gasteiger partial charge in [-0.1, -0.05) is 6.07 Å². The molecule has 5 rings (SSSR count). The number of fused-ring (bicyclic) bond motifs is 2. The summed E-state index contributed by atoms with van der Waals surface area (Å²) in [4.78, 5) is 16.8. The number of sulfonamides is 1. The van der Waals surface area contributed by atoms with Crippen LogP contribution in [0.4, 0.5) is 11.4 Å². The molecule has 3 N–H and O–H groups in total. The Morgan fingerprint density at radius 2 is 1.97 bits per heavy atom. The Hall–Kier alpha value is -3.21. The lowest BCUT2D eigenvalue weighted by molar-refractivity contribution is 0.0730. The molecule has 1 fully saturated rings. The van der Waals surface area contributed by atoms with Crippen LogP contribution in [0.25, 0.3) is 10.9 Å². The minimum absolute atomic E-state index is 0.0973. The van der Waals surface area contributed by atoms with E-state index in [9.17, 15) is 13.2 Å². The first-order valence-corrected chi connectivity index (χ1v) is 12.1. The zero-order valence-electron chi connectivity index (χ0n) is 18.1. The normalized spacial score (nSPS) is 16.4. The molecule has 3 aromatic rings. The summed E-state index contributed by atoms with van der Waals surface area (Å²) >= 11 is 0. The largest absolute Gasteiger partial charge is 0.493 e. The maximum absolute atomic E-state index is 13.5. The molecule has 0 atom stereocenters. The molecule has 0 bridgehead atoms. The van der Waals surface area contributed by atoms with Crippen LogP contribution in [0.2, 0.25) is 0 Å². The summed E-state index contributed by atoms with van der Waals surface area (Å²) in [5.41, 5.74) is 9.05. The fourth-order valence-electron chi connectivity index (χ4n) is 4.33. The summed E-state index contributed by atoms with van der Waals surface area (Å²) in [6.45, 7) is 3.63. The van der Waals surface area contributed by atoms with Crippen molar-refractivity contribution in [2.75, 3.05) is 38.2 Å². The molecular formula is C23H24N4O5S. The molecule has 0 saturated carbocycles. The minimum atomic E-state index is -3.82. The smallest absolute Gasteiger partial charge is 0.252 e. The second-order valence-electron chi connectivity index (χ2n) is 8.09. The van der Waals surface area contributed by atoms with Gasteiger partial charge in [-0.05, 0) is 36.8 Å². The standard InChI is InChI=1S/C23H24N4O5S/c1-14-11-16-21(26-18-3-2-4-19-15(18)5-8-32-19)17(23(24)28)13-25-22(16)20(12-14)33(29,30)27-6-9-31-10-7-27/h2-4,11-13H,5-10H2,1H3,(H2,24,28)(H,25,26). The predicted octanol–water partition coefficient (Wildman–Crippen LogP) is 2.34. The van der Waals surface area contributed by atoms with E-state index in [0.29, 0.717) is 30.9 Å². The van der Waals surface area contributed by atoms with Crippen LogP contribution in [0.15, 0.2) is 41.4 Å². The van der Waals surface area contributed by atoms with Gasteiger partial charge in [0.1, 0.15) is 10.6 Å². The van der Waals surface area contributed by atoms with Gasteiger partial charge in [0.25, 0.3) is 5.91 Å². The second kappa shape index (κ2) is 8.29. The van der Waals surface area contributed by atoms with Gasteiger partial charge in [-0.3, -0.25) is 9.78 Å². The van der Waals surface area contributed by atoms with Gasteiger partial charge >= 0.3 is 0 Å². The molecule has 172 valence electrons. The molecule has 3 heterocycles. The molecule has 2 aromatic carbocycles. The SMILES string of the molecule is Cc1cc(S(=O)(=O)N2CCOCC2)c2ncc(C(N)=O)c(Nc3cccc4c3CCO4)c2c1. The molecule has 2 aliphatic heterocycles. The van der Waals surface area contributed by atoms with Crippen molar-refractivity contribution in [1.82, 2.24) is 9.29 Å². The van der Waals surface area contributed by atoms with Gasteiger partial charge in [-0.15, -0.1) is 0 Å². The number of nitrogens with two attached hydrogens (primary N) is 1. The minimum Gasteiger partial charge on any atom is -0.493 e. The average molecular weight is 469 g/mol. The Morgan fingerprint density at radius 1 is 1.18 bits per heavy atom. The zero-order chi connectivity index (χ0) is 23.2. The van der Waals surface area contributed by atoms with E-state index in [0.717, 1.165) is 29.0 Å². The second-order valence-corrected chi connectivity index (χ2v) is 10.00. The number of carbonyl (C=O) groups is 1. The number of aromatic nitrogens is 1. The van der Waals surface area contributed by atoms with E-state index in [2.05, 4.69) is 10.3 Å². The Labute approximate surface area is 191 Å². The third-order valence-electron chi connectivity index (χ3n) is 5.94. The van der Waals surface area contributed by atoms with Crippen molar-refractivity contribution >= 4 is 38.2 Å². The maximum Gasteiger partial charge on any atom is 0.252 e. The summed E-state index contributed by atoms with van der Waals surface area (Å²) in [6, 6.07) is 9.08. The van der Waals surface area contributed by atoms with Crippen LogP contribution in [0.3, 0.4) is 0 Å². The number of primary amides is 1. The summed E-state index contributed by atoms with van der Waals surface area (Å²) in [7, 11) is -3.82. The Balaban J connectivity index is 1.71. The van der Waals surface area contributed by atoms with Gasteiger partial charge in [-0.25, -0.2) is 8.42 Å². The van der Waals surface area contributed by atoms with Crippen LogP contribution in [0, 0.1) is 6.92 Å². The van der Waals surface area contributed by atoms with E-state index in [1.807, 2.05) is 31.2 Å². The number of benzene rings is 2. The number of morpholine rings is 1. The molecule has 0 aliphatic carbocycles. The molecule has 0 unspecified atom stereocenters. The third kappa shape index (κ3) is 3.79. The van der Waals surface area contributed by atoms with E-state index in [1.54, 1.807) is 6.07 Å².